The van der Waals surface area contributed by atoms with Crippen LogP contribution in [0.3, 0.4) is 0 Å². The minimum atomic E-state index is -0.312. The van der Waals surface area contributed by atoms with Gasteiger partial charge in [0.25, 0.3) is 0 Å². The Morgan fingerprint density at radius 3 is 2.44 bits per heavy atom. The molecule has 1 aromatic carbocycles. The third kappa shape index (κ3) is 2.72. The fourth-order valence-corrected chi connectivity index (χ4v) is 3.14. The van der Waals surface area contributed by atoms with Crippen molar-refractivity contribution in [1.29, 1.82) is 0 Å². The molecule has 92 valence electrons. The summed E-state index contributed by atoms with van der Waals surface area (Å²) in [6.07, 6.45) is 0. The van der Waals surface area contributed by atoms with Gasteiger partial charge in [-0.05, 0) is 0 Å². The number of benzene rings is 1. The number of carbonyl (C=O) groups excluding carboxylic acids is 2. The molecule has 0 unspecified atom stereocenters. The van der Waals surface area contributed by atoms with Gasteiger partial charge in [0.2, 0.25) is 0 Å². The van der Waals surface area contributed by atoms with E-state index in [1.54, 1.807) is 4.68 Å². The number of amides is 1. The number of hydrogen-bond donors (Lipinski definition) is 0. The van der Waals surface area contributed by atoms with Crippen LogP contribution in [0.5, 0.6) is 0 Å². The normalized spacial score (nSPS) is 11.6. The average molecular weight is 308 g/mol. The first-order valence-corrected chi connectivity index (χ1v) is 7.01. The minimum absolute atomic E-state index is 0.0790. The summed E-state index contributed by atoms with van der Waals surface area (Å²) in [5.41, 5.74) is 0.802. The molecule has 0 atom stereocenters. The quantitative estimate of drug-likeness (QED) is 0.602. The second-order valence-electron chi connectivity index (χ2n) is 3.62. The van der Waals surface area contributed by atoms with Crippen LogP contribution in [0.15, 0.2) is 35.3 Å². The second kappa shape index (κ2) is 5.25. The van der Waals surface area contributed by atoms with E-state index in [9.17, 15) is 9.59 Å². The Hall–Kier alpha value is -1.78. The van der Waals surface area contributed by atoms with Gasteiger partial charge in [-0.3, -0.25) is 0 Å². The van der Waals surface area contributed by atoms with Gasteiger partial charge in [-0.2, -0.15) is 0 Å². The van der Waals surface area contributed by atoms with Crippen molar-refractivity contribution in [3.63, 3.8) is 0 Å². The molecule has 2 aromatic rings. The van der Waals surface area contributed by atoms with Crippen LogP contribution in [0, 0.1) is 0 Å². The molecule has 0 radical (unpaired) electrons. The number of para-hydroxylation sites is 1. The Bertz CT molecular complexity index is 655. The van der Waals surface area contributed by atoms with Crippen molar-refractivity contribution in [2.75, 3.05) is 0 Å². The molecule has 1 aromatic heterocycles. The Balaban J connectivity index is 2.66. The Labute approximate surface area is 110 Å². The molecule has 1 amide bonds. The van der Waals surface area contributed by atoms with Crippen LogP contribution >= 0.6 is 0 Å². The molecule has 1 heterocycles. The molecule has 18 heavy (non-hydrogen) atoms. The molecule has 0 bridgehead atoms. The van der Waals surface area contributed by atoms with Crippen LogP contribution < -0.4 is 4.36 Å². The summed E-state index contributed by atoms with van der Waals surface area (Å²) in [5.74, 6) is -0.363. The summed E-state index contributed by atoms with van der Waals surface area (Å²) < 4.78 is 2.59. The summed E-state index contributed by atoms with van der Waals surface area (Å²) in [5, 5.41) is 4.24. The van der Waals surface area contributed by atoms with Crippen LogP contribution in [0.2, 0.25) is 0 Å². The molecule has 0 aliphatic rings. The standard InChI is InChI=1S/C12H11N3O2Se/c1-8(16)11-14-15(10-6-4-3-5-7-10)12(18-11)13-9(2)17/h3-7H,1-2H3. The van der Waals surface area contributed by atoms with E-state index >= 15 is 0 Å². The second-order valence-corrected chi connectivity index (χ2v) is 5.63. The van der Waals surface area contributed by atoms with E-state index in [4.69, 9.17) is 0 Å². The average Bonchev–Trinajstić information content (AvgIpc) is 2.73. The molecule has 6 heteroatoms. The molecule has 0 N–H and O–H groups in total. The zero-order valence-corrected chi connectivity index (χ0v) is 11.7. The molecule has 0 fully saturated rings. The molecular weight excluding hydrogens is 297 g/mol. The van der Waals surface area contributed by atoms with Crippen LogP contribution in [0.25, 0.3) is 5.69 Å². The zero-order valence-electron chi connectivity index (χ0n) is 9.95. The first-order chi connectivity index (χ1) is 8.58. The van der Waals surface area contributed by atoms with Gasteiger partial charge < -0.3 is 0 Å². The third-order valence-electron chi connectivity index (χ3n) is 2.12. The summed E-state index contributed by atoms with van der Waals surface area (Å²) in [4.78, 5) is 26.4. The van der Waals surface area contributed by atoms with Gasteiger partial charge >= 0.3 is 109 Å². The van der Waals surface area contributed by atoms with E-state index in [0.717, 1.165) is 5.69 Å². The topological polar surface area (TPSA) is 64.3 Å². The number of nitrogens with zero attached hydrogens (tertiary/aromatic N) is 3. The monoisotopic (exact) mass is 309 g/mol. The van der Waals surface area contributed by atoms with Crippen molar-refractivity contribution in [1.82, 2.24) is 9.78 Å². The predicted molar refractivity (Wildman–Crippen MR) is 66.8 cm³/mol. The zero-order chi connectivity index (χ0) is 13.1. The molecule has 0 saturated carbocycles. The maximum atomic E-state index is 11.4. The summed E-state index contributed by atoms with van der Waals surface area (Å²) >= 11 is -0.312. The molecule has 0 aliphatic carbocycles. The van der Waals surface area contributed by atoms with Crippen LogP contribution in [0.4, 0.5) is 0 Å². The number of ketones is 1. The van der Waals surface area contributed by atoms with Gasteiger partial charge in [-0.15, -0.1) is 0 Å². The molecule has 0 saturated heterocycles. The number of hydrogen-bond acceptors (Lipinski definition) is 3. The third-order valence-corrected chi connectivity index (χ3v) is 4.23. The Kier molecular flexibility index (Phi) is 3.69. The van der Waals surface area contributed by atoms with Crippen molar-refractivity contribution in [2.24, 2.45) is 4.99 Å². The van der Waals surface area contributed by atoms with Crippen molar-refractivity contribution < 1.29 is 9.59 Å². The van der Waals surface area contributed by atoms with Gasteiger partial charge in [-0.25, -0.2) is 0 Å². The van der Waals surface area contributed by atoms with Crippen molar-refractivity contribution in [2.45, 2.75) is 13.8 Å². The van der Waals surface area contributed by atoms with E-state index in [1.165, 1.54) is 13.8 Å². The Morgan fingerprint density at radius 1 is 1.22 bits per heavy atom. The van der Waals surface area contributed by atoms with Crippen LogP contribution in [0.1, 0.15) is 23.2 Å². The van der Waals surface area contributed by atoms with E-state index in [-0.39, 0.29) is 26.2 Å². The van der Waals surface area contributed by atoms with Crippen molar-refractivity contribution >= 4 is 26.2 Å². The fourth-order valence-electron chi connectivity index (χ4n) is 1.37. The van der Waals surface area contributed by atoms with Crippen molar-refractivity contribution in [3.8, 4) is 5.69 Å². The number of Topliss-reactive ketones (excluding diaryl/α,β-unsaturated/α-hetero) is 1. The molecule has 2 rings (SSSR count). The van der Waals surface area contributed by atoms with Crippen LogP contribution in [-0.2, 0) is 4.79 Å². The fraction of sp³-hybridized carbons (Fsp3) is 0.167. The molecule has 0 aliphatic heterocycles. The van der Waals surface area contributed by atoms with Crippen LogP contribution in [-0.4, -0.2) is 36.0 Å². The first-order valence-electron chi connectivity index (χ1n) is 5.30. The molecule has 0 spiro atoms. The van der Waals surface area contributed by atoms with Crippen molar-refractivity contribution in [3.05, 3.63) is 39.3 Å². The number of carbonyl (C=O) groups is 2. The summed E-state index contributed by atoms with van der Waals surface area (Å²) in [6.45, 7) is 2.86. The first kappa shape index (κ1) is 12.7. The van der Waals surface area contributed by atoms with E-state index < -0.39 is 0 Å². The SMILES string of the molecule is CC(=O)N=c1[se]c(C(C)=O)nn1-c1ccccc1. The molecular formula is C12H11N3O2Se. The van der Waals surface area contributed by atoms with Gasteiger partial charge in [0.15, 0.2) is 0 Å². The van der Waals surface area contributed by atoms with E-state index in [1.807, 2.05) is 30.3 Å². The summed E-state index contributed by atoms with van der Waals surface area (Å²) in [7, 11) is 0. The van der Waals surface area contributed by atoms with Gasteiger partial charge in [0, 0.05) is 0 Å². The van der Waals surface area contributed by atoms with E-state index in [2.05, 4.69) is 10.1 Å². The van der Waals surface area contributed by atoms with Gasteiger partial charge in [0.05, 0.1) is 0 Å². The Morgan fingerprint density at radius 2 is 1.89 bits per heavy atom. The maximum absolute atomic E-state index is 11.4. The number of aromatic nitrogens is 2. The number of rotatable bonds is 2. The van der Waals surface area contributed by atoms with E-state index in [0.29, 0.717) is 8.93 Å². The molecule has 5 nitrogen and oxygen atoms in total. The summed E-state index contributed by atoms with van der Waals surface area (Å²) in [6, 6.07) is 9.35. The van der Waals surface area contributed by atoms with Gasteiger partial charge in [-0.1, -0.05) is 0 Å². The van der Waals surface area contributed by atoms with Gasteiger partial charge in [0.1, 0.15) is 0 Å². The predicted octanol–water partition coefficient (Wildman–Crippen LogP) is 0.579.